The number of rotatable bonds is 7. The van der Waals surface area contributed by atoms with Gasteiger partial charge in [0.2, 0.25) is 11.8 Å². The maximum absolute atomic E-state index is 15.6. The van der Waals surface area contributed by atoms with Gasteiger partial charge in [-0.15, -0.1) is 0 Å². The second-order valence-corrected chi connectivity index (χ2v) is 14.7. The van der Waals surface area contributed by atoms with E-state index in [-0.39, 0.29) is 42.3 Å². The van der Waals surface area contributed by atoms with Crippen molar-refractivity contribution in [2.24, 2.45) is 28.7 Å². The Kier molecular flexibility index (Phi) is 11.5. The Morgan fingerprint density at radius 2 is 1.66 bits per heavy atom. The second-order valence-electron chi connectivity index (χ2n) is 14.7. The number of likely N-dealkylation sites (tertiary alicyclic amines) is 1. The van der Waals surface area contributed by atoms with E-state index in [9.17, 15) is 14.0 Å². The summed E-state index contributed by atoms with van der Waals surface area (Å²) in [6, 6.07) is -0.904. The number of nitrogens with zero attached hydrogens (tertiary/aromatic N) is 3. The van der Waals surface area contributed by atoms with Crippen LogP contribution in [0.1, 0.15) is 71.6 Å². The molecule has 7 atom stereocenters. The molecule has 4 aliphatic heterocycles. The summed E-state index contributed by atoms with van der Waals surface area (Å²) in [5.41, 5.74) is 12.6. The molecule has 5 rings (SSSR count). The summed E-state index contributed by atoms with van der Waals surface area (Å²) in [5, 5.41) is 9.62. The SMILES string of the molecule is CC(C)N1CCC(C(=O)N2CCN(C3C(F)CNCC3NC(=O)C(C(N)N)C3CC4(CCCCC4)CCC(F)CN3)CC2)C1. The predicted molar refractivity (Wildman–Crippen MR) is 168 cm³/mol. The van der Waals surface area contributed by atoms with Gasteiger partial charge in [0, 0.05) is 64.4 Å². The monoisotopic (exact) mass is 624 g/mol. The van der Waals surface area contributed by atoms with Crippen molar-refractivity contribution in [2.75, 3.05) is 58.9 Å². The van der Waals surface area contributed by atoms with Gasteiger partial charge in [0.05, 0.1) is 30.1 Å². The van der Waals surface area contributed by atoms with Gasteiger partial charge >= 0.3 is 0 Å². The van der Waals surface area contributed by atoms with Crippen LogP contribution >= 0.6 is 0 Å². The van der Waals surface area contributed by atoms with Gasteiger partial charge in [0.15, 0.2) is 0 Å². The minimum absolute atomic E-state index is 0.00423. The van der Waals surface area contributed by atoms with E-state index in [0.717, 1.165) is 58.0 Å². The number of piperazine rings is 1. The Morgan fingerprint density at radius 3 is 2.32 bits per heavy atom. The van der Waals surface area contributed by atoms with Gasteiger partial charge in [0.1, 0.15) is 12.3 Å². The van der Waals surface area contributed by atoms with Crippen LogP contribution in [0.3, 0.4) is 0 Å². The third-order valence-electron chi connectivity index (χ3n) is 11.5. The molecule has 10 nitrogen and oxygen atoms in total. The fourth-order valence-electron chi connectivity index (χ4n) is 8.85. The highest BCUT2D eigenvalue weighted by Gasteiger charge is 2.45. The molecule has 1 saturated carbocycles. The molecule has 5 fully saturated rings. The van der Waals surface area contributed by atoms with Gasteiger partial charge in [-0.1, -0.05) is 19.3 Å². The lowest BCUT2D eigenvalue weighted by Crippen LogP contribution is -2.69. The minimum atomic E-state index is -1.17. The molecule has 2 amide bonds. The normalized spacial score (nSPS) is 35.0. The highest BCUT2D eigenvalue weighted by atomic mass is 19.1. The Balaban J connectivity index is 1.23. The topological polar surface area (TPSA) is 132 Å². The van der Waals surface area contributed by atoms with E-state index >= 15 is 4.39 Å². The highest BCUT2D eigenvalue weighted by molar-refractivity contribution is 5.81. The summed E-state index contributed by atoms with van der Waals surface area (Å²) < 4.78 is 30.4. The smallest absolute Gasteiger partial charge is 0.227 e. The van der Waals surface area contributed by atoms with Gasteiger partial charge in [0.25, 0.3) is 0 Å². The lowest BCUT2D eigenvalue weighted by molar-refractivity contribution is -0.137. The van der Waals surface area contributed by atoms with Crippen LogP contribution in [0.25, 0.3) is 0 Å². The largest absolute Gasteiger partial charge is 0.350 e. The molecule has 1 spiro atoms. The average Bonchev–Trinajstić information content (AvgIpc) is 3.50. The molecular formula is C32H58F2N8O2. The molecule has 0 radical (unpaired) electrons. The lowest BCUT2D eigenvalue weighted by atomic mass is 9.65. The van der Waals surface area contributed by atoms with Gasteiger partial charge in [-0.25, -0.2) is 8.78 Å². The van der Waals surface area contributed by atoms with E-state index < -0.39 is 36.5 Å². The molecule has 7 N–H and O–H groups in total. The van der Waals surface area contributed by atoms with Gasteiger partial charge in [-0.05, 0) is 64.3 Å². The molecule has 0 bridgehead atoms. The number of alkyl halides is 2. The Bertz CT molecular complexity index is 959. The molecule has 12 heteroatoms. The van der Waals surface area contributed by atoms with Crippen molar-refractivity contribution in [1.82, 2.24) is 30.7 Å². The molecule has 7 unspecified atom stereocenters. The van der Waals surface area contributed by atoms with Crippen LogP contribution in [-0.4, -0.2) is 128 Å². The number of carbonyl (C=O) groups excluding carboxylic acids is 2. The molecule has 0 aromatic rings. The number of nitrogens with one attached hydrogen (secondary N) is 3. The number of hydrogen-bond acceptors (Lipinski definition) is 8. The Morgan fingerprint density at radius 1 is 0.932 bits per heavy atom. The quantitative estimate of drug-likeness (QED) is 0.265. The molecule has 44 heavy (non-hydrogen) atoms. The lowest BCUT2D eigenvalue weighted by Gasteiger charge is -2.47. The minimum Gasteiger partial charge on any atom is -0.350 e. The van der Waals surface area contributed by atoms with E-state index in [0.29, 0.717) is 45.2 Å². The van der Waals surface area contributed by atoms with Crippen molar-refractivity contribution in [3.63, 3.8) is 0 Å². The first kappa shape index (κ1) is 33.9. The zero-order valence-corrected chi connectivity index (χ0v) is 27.0. The van der Waals surface area contributed by atoms with E-state index in [1.807, 2.05) is 4.90 Å². The summed E-state index contributed by atoms with van der Waals surface area (Å²) in [4.78, 5) is 33.6. The van der Waals surface area contributed by atoms with Crippen LogP contribution in [0.4, 0.5) is 8.78 Å². The van der Waals surface area contributed by atoms with E-state index in [2.05, 4.69) is 39.6 Å². The maximum Gasteiger partial charge on any atom is 0.227 e. The van der Waals surface area contributed by atoms with E-state index in [1.54, 1.807) is 0 Å². The van der Waals surface area contributed by atoms with Crippen molar-refractivity contribution in [3.05, 3.63) is 0 Å². The zero-order valence-electron chi connectivity index (χ0n) is 27.0. The van der Waals surface area contributed by atoms with Crippen molar-refractivity contribution in [3.8, 4) is 0 Å². The summed E-state index contributed by atoms with van der Waals surface area (Å²) in [6.07, 6.45) is 5.43. The van der Waals surface area contributed by atoms with Gasteiger partial charge in [-0.2, -0.15) is 0 Å². The summed E-state index contributed by atoms with van der Waals surface area (Å²) in [6.45, 7) is 9.16. The standard InChI is InChI=1S/C32H58F2N8O2/c1-21(2)42-11-7-22(20-42)31(44)41-14-12-40(13-15-41)28-24(34)18-37-19-26(28)39-30(43)27(29(35)36)25-16-32(8-4-3-5-9-32)10-6-23(33)17-38-25/h21-29,37-38H,3-20,35-36H2,1-2H3,(H,39,43). The van der Waals surface area contributed by atoms with Crippen molar-refractivity contribution < 1.29 is 18.4 Å². The van der Waals surface area contributed by atoms with Crippen molar-refractivity contribution in [2.45, 2.75) is 114 Å². The van der Waals surface area contributed by atoms with Crippen LogP contribution in [-0.2, 0) is 9.59 Å². The summed E-state index contributed by atoms with van der Waals surface area (Å²) >= 11 is 0. The summed E-state index contributed by atoms with van der Waals surface area (Å²) in [5.74, 6) is -0.817. The fourth-order valence-corrected chi connectivity index (χ4v) is 8.85. The number of amides is 2. The maximum atomic E-state index is 15.6. The van der Waals surface area contributed by atoms with Crippen LogP contribution in [0.15, 0.2) is 0 Å². The third kappa shape index (κ3) is 7.91. The average molecular weight is 625 g/mol. The summed E-state index contributed by atoms with van der Waals surface area (Å²) in [7, 11) is 0. The van der Waals surface area contributed by atoms with Crippen molar-refractivity contribution in [1.29, 1.82) is 0 Å². The van der Waals surface area contributed by atoms with Crippen LogP contribution in [0, 0.1) is 17.3 Å². The Hall–Kier alpha value is -1.44. The molecule has 4 heterocycles. The van der Waals surface area contributed by atoms with Crippen LogP contribution in [0.5, 0.6) is 0 Å². The van der Waals surface area contributed by atoms with Crippen molar-refractivity contribution >= 4 is 11.8 Å². The highest BCUT2D eigenvalue weighted by Crippen LogP contribution is 2.46. The zero-order chi connectivity index (χ0) is 31.4. The predicted octanol–water partition coefficient (Wildman–Crippen LogP) is 0.946. The van der Waals surface area contributed by atoms with Crippen LogP contribution in [0.2, 0.25) is 0 Å². The molecule has 252 valence electrons. The molecule has 0 aromatic heterocycles. The molecule has 1 aliphatic carbocycles. The first-order valence-electron chi connectivity index (χ1n) is 17.4. The Labute approximate surface area is 262 Å². The molecule has 5 aliphatic rings. The number of carbonyl (C=O) groups is 2. The molecule has 0 aromatic carbocycles. The number of hydrogen-bond donors (Lipinski definition) is 5. The molecule has 4 saturated heterocycles. The van der Waals surface area contributed by atoms with Gasteiger partial charge < -0.3 is 37.2 Å². The molecular weight excluding hydrogens is 566 g/mol. The number of halogens is 2. The second kappa shape index (κ2) is 15.0. The van der Waals surface area contributed by atoms with Crippen LogP contribution < -0.4 is 27.4 Å². The third-order valence-corrected chi connectivity index (χ3v) is 11.5. The first-order chi connectivity index (χ1) is 21.1. The van der Waals surface area contributed by atoms with Gasteiger partial charge in [-0.3, -0.25) is 14.5 Å². The number of nitrogens with two attached hydrogens (primary N) is 2. The fraction of sp³-hybridized carbons (Fsp3) is 0.938. The van der Waals surface area contributed by atoms with E-state index in [1.165, 1.54) is 6.42 Å². The number of piperidine rings is 1. The first-order valence-corrected chi connectivity index (χ1v) is 17.4. The van der Waals surface area contributed by atoms with E-state index in [4.69, 9.17) is 11.5 Å².